The van der Waals surface area contributed by atoms with Crippen LogP contribution in [0.15, 0.2) is 22.7 Å². The van der Waals surface area contributed by atoms with Crippen LogP contribution >= 0.6 is 15.9 Å². The Balaban J connectivity index is 2.34. The molecule has 1 aliphatic carbocycles. The molecule has 4 nitrogen and oxygen atoms in total. The molecule has 1 fully saturated rings. The summed E-state index contributed by atoms with van der Waals surface area (Å²) in [5, 5.41) is 11.2. The number of rotatable bonds is 4. The van der Waals surface area contributed by atoms with Gasteiger partial charge in [0.25, 0.3) is 5.69 Å². The zero-order chi connectivity index (χ0) is 13.8. The van der Waals surface area contributed by atoms with Crippen molar-refractivity contribution in [1.82, 2.24) is 0 Å². The van der Waals surface area contributed by atoms with Crippen LogP contribution in [-0.2, 0) is 0 Å². The Morgan fingerprint density at radius 1 is 1.37 bits per heavy atom. The predicted octanol–water partition coefficient (Wildman–Crippen LogP) is 4.52. The van der Waals surface area contributed by atoms with E-state index in [1.54, 1.807) is 6.07 Å². The standard InChI is InChI=1S/C14H19BrN2O2/c1-2-16(12-6-4-3-5-7-12)13-9-8-11(15)10-14(13)17(18)19/h8-10,12H,2-7H2,1H3. The summed E-state index contributed by atoms with van der Waals surface area (Å²) in [7, 11) is 0. The molecule has 0 aliphatic heterocycles. The number of nitrogens with zero attached hydrogens (tertiary/aromatic N) is 2. The van der Waals surface area contributed by atoms with E-state index in [-0.39, 0.29) is 10.6 Å². The van der Waals surface area contributed by atoms with Crippen molar-refractivity contribution in [3.63, 3.8) is 0 Å². The van der Waals surface area contributed by atoms with Gasteiger partial charge in [0, 0.05) is 23.1 Å². The van der Waals surface area contributed by atoms with Crippen LogP contribution < -0.4 is 4.90 Å². The van der Waals surface area contributed by atoms with E-state index in [4.69, 9.17) is 0 Å². The van der Waals surface area contributed by atoms with Crippen LogP contribution in [0.4, 0.5) is 11.4 Å². The van der Waals surface area contributed by atoms with Gasteiger partial charge < -0.3 is 4.90 Å². The third kappa shape index (κ3) is 3.26. The van der Waals surface area contributed by atoms with E-state index in [0.29, 0.717) is 6.04 Å². The molecule has 0 unspecified atom stereocenters. The van der Waals surface area contributed by atoms with E-state index in [1.165, 1.54) is 19.3 Å². The lowest BCUT2D eigenvalue weighted by molar-refractivity contribution is -0.384. The van der Waals surface area contributed by atoms with Gasteiger partial charge >= 0.3 is 0 Å². The summed E-state index contributed by atoms with van der Waals surface area (Å²) in [5.74, 6) is 0. The molecule has 2 rings (SSSR count). The first-order valence-electron chi connectivity index (χ1n) is 6.84. The molecule has 0 heterocycles. The van der Waals surface area contributed by atoms with Crippen LogP contribution in [0, 0.1) is 10.1 Å². The molecule has 1 saturated carbocycles. The average molecular weight is 327 g/mol. The van der Waals surface area contributed by atoms with Crippen molar-refractivity contribution in [2.24, 2.45) is 0 Å². The van der Waals surface area contributed by atoms with Crippen LogP contribution in [0.1, 0.15) is 39.0 Å². The van der Waals surface area contributed by atoms with E-state index < -0.39 is 0 Å². The Kier molecular flexibility index (Phi) is 4.80. The number of benzene rings is 1. The Morgan fingerprint density at radius 3 is 2.63 bits per heavy atom. The van der Waals surface area contributed by atoms with Crippen molar-refractivity contribution in [2.75, 3.05) is 11.4 Å². The Labute approximate surface area is 122 Å². The molecule has 0 bridgehead atoms. The summed E-state index contributed by atoms with van der Waals surface area (Å²) in [6.07, 6.45) is 6.02. The molecule has 0 aromatic heterocycles. The molecule has 0 radical (unpaired) electrons. The fourth-order valence-electron chi connectivity index (χ4n) is 2.90. The highest BCUT2D eigenvalue weighted by Crippen LogP contribution is 2.35. The highest BCUT2D eigenvalue weighted by atomic mass is 79.9. The minimum Gasteiger partial charge on any atom is -0.363 e. The Hall–Kier alpha value is -1.10. The molecule has 0 spiro atoms. The SMILES string of the molecule is CCN(c1ccc(Br)cc1[N+](=O)[O-])C1CCCCC1. The molecular weight excluding hydrogens is 308 g/mol. The molecule has 5 heteroatoms. The smallest absolute Gasteiger partial charge is 0.293 e. The summed E-state index contributed by atoms with van der Waals surface area (Å²) in [5.41, 5.74) is 0.949. The van der Waals surface area contributed by atoms with Crippen molar-refractivity contribution in [1.29, 1.82) is 0 Å². The van der Waals surface area contributed by atoms with Crippen LogP contribution in [0.25, 0.3) is 0 Å². The van der Waals surface area contributed by atoms with Crippen molar-refractivity contribution >= 4 is 27.3 Å². The first-order valence-corrected chi connectivity index (χ1v) is 7.63. The molecule has 0 N–H and O–H groups in total. The lowest BCUT2D eigenvalue weighted by atomic mass is 9.93. The Morgan fingerprint density at radius 2 is 2.05 bits per heavy atom. The minimum absolute atomic E-state index is 0.196. The molecule has 19 heavy (non-hydrogen) atoms. The molecule has 0 atom stereocenters. The molecule has 104 valence electrons. The van der Waals surface area contributed by atoms with E-state index in [2.05, 4.69) is 27.8 Å². The van der Waals surface area contributed by atoms with Gasteiger partial charge in [-0.25, -0.2) is 0 Å². The lowest BCUT2D eigenvalue weighted by Gasteiger charge is -2.35. The van der Waals surface area contributed by atoms with Crippen molar-refractivity contribution in [3.8, 4) is 0 Å². The van der Waals surface area contributed by atoms with Crippen molar-refractivity contribution in [2.45, 2.75) is 45.1 Å². The van der Waals surface area contributed by atoms with Gasteiger partial charge in [0.15, 0.2) is 0 Å². The quantitative estimate of drug-likeness (QED) is 0.603. The number of anilines is 1. The number of nitro benzene ring substituents is 1. The maximum atomic E-state index is 11.2. The predicted molar refractivity (Wildman–Crippen MR) is 80.7 cm³/mol. The molecular formula is C14H19BrN2O2. The molecule has 1 aromatic carbocycles. The highest BCUT2D eigenvalue weighted by Gasteiger charge is 2.26. The van der Waals surface area contributed by atoms with Crippen LogP contribution in [-0.4, -0.2) is 17.5 Å². The van der Waals surface area contributed by atoms with Gasteiger partial charge in [0.1, 0.15) is 5.69 Å². The largest absolute Gasteiger partial charge is 0.363 e. The maximum Gasteiger partial charge on any atom is 0.293 e. The molecule has 1 aliphatic rings. The van der Waals surface area contributed by atoms with Crippen LogP contribution in [0.5, 0.6) is 0 Å². The minimum atomic E-state index is -0.286. The highest BCUT2D eigenvalue weighted by molar-refractivity contribution is 9.10. The summed E-state index contributed by atoms with van der Waals surface area (Å²) < 4.78 is 0.752. The zero-order valence-corrected chi connectivity index (χ0v) is 12.7. The molecule has 0 saturated heterocycles. The normalized spacial score (nSPS) is 16.3. The summed E-state index contributed by atoms with van der Waals surface area (Å²) >= 11 is 3.31. The second kappa shape index (κ2) is 6.37. The van der Waals surface area contributed by atoms with Crippen LogP contribution in [0.3, 0.4) is 0 Å². The average Bonchev–Trinajstić information content (AvgIpc) is 2.42. The molecule has 1 aromatic rings. The van der Waals surface area contributed by atoms with Gasteiger partial charge in [-0.15, -0.1) is 0 Å². The number of halogens is 1. The zero-order valence-electron chi connectivity index (χ0n) is 11.1. The third-order valence-corrected chi connectivity index (χ3v) is 4.29. The number of hydrogen-bond donors (Lipinski definition) is 0. The van der Waals surface area contributed by atoms with E-state index in [1.807, 2.05) is 12.1 Å². The van der Waals surface area contributed by atoms with Gasteiger partial charge in [0.05, 0.1) is 4.92 Å². The van der Waals surface area contributed by atoms with Gasteiger partial charge in [-0.2, -0.15) is 0 Å². The fraction of sp³-hybridized carbons (Fsp3) is 0.571. The van der Waals surface area contributed by atoms with Gasteiger partial charge in [0.2, 0.25) is 0 Å². The fourth-order valence-corrected chi connectivity index (χ4v) is 3.25. The first-order chi connectivity index (χ1) is 9.13. The van der Waals surface area contributed by atoms with Crippen LogP contribution in [0.2, 0.25) is 0 Å². The van der Waals surface area contributed by atoms with Gasteiger partial charge in [-0.1, -0.05) is 35.2 Å². The number of nitro groups is 1. The topological polar surface area (TPSA) is 46.4 Å². The maximum absolute atomic E-state index is 11.2. The third-order valence-electron chi connectivity index (χ3n) is 3.80. The number of hydrogen-bond acceptors (Lipinski definition) is 3. The van der Waals surface area contributed by atoms with Crippen molar-refractivity contribution in [3.05, 3.63) is 32.8 Å². The summed E-state index contributed by atoms with van der Waals surface area (Å²) in [4.78, 5) is 13.1. The first kappa shape index (κ1) is 14.3. The lowest BCUT2D eigenvalue weighted by Crippen LogP contribution is -2.37. The second-order valence-corrected chi connectivity index (χ2v) is 5.88. The van der Waals surface area contributed by atoms with Gasteiger partial charge in [-0.3, -0.25) is 10.1 Å². The van der Waals surface area contributed by atoms with Gasteiger partial charge in [-0.05, 0) is 31.9 Å². The monoisotopic (exact) mass is 326 g/mol. The summed E-state index contributed by atoms with van der Waals surface area (Å²) in [6.45, 7) is 2.88. The second-order valence-electron chi connectivity index (χ2n) is 4.97. The molecule has 0 amide bonds. The van der Waals surface area contributed by atoms with E-state index in [0.717, 1.165) is 29.5 Å². The summed E-state index contributed by atoms with van der Waals surface area (Å²) in [6, 6.07) is 5.79. The van der Waals surface area contributed by atoms with E-state index in [9.17, 15) is 10.1 Å². The van der Waals surface area contributed by atoms with E-state index >= 15 is 0 Å². The van der Waals surface area contributed by atoms with Crippen molar-refractivity contribution < 1.29 is 4.92 Å². The Bertz CT molecular complexity index is 459.